The number of benzene rings is 1. The maximum absolute atomic E-state index is 12.5. The number of nitrogens with one attached hydrogen (secondary N) is 2. The molecule has 2 rings (SSSR count). The lowest BCUT2D eigenvalue weighted by Crippen LogP contribution is -2.46. The van der Waals surface area contributed by atoms with Crippen LogP contribution in [0.4, 0.5) is 5.69 Å². The summed E-state index contributed by atoms with van der Waals surface area (Å²) in [6, 6.07) is 7.00. The van der Waals surface area contributed by atoms with Gasteiger partial charge in [0.2, 0.25) is 11.8 Å². The van der Waals surface area contributed by atoms with Crippen molar-refractivity contribution in [2.24, 2.45) is 11.1 Å². The van der Waals surface area contributed by atoms with E-state index in [0.29, 0.717) is 11.3 Å². The summed E-state index contributed by atoms with van der Waals surface area (Å²) in [7, 11) is 0. The van der Waals surface area contributed by atoms with E-state index < -0.39 is 5.41 Å². The van der Waals surface area contributed by atoms with Gasteiger partial charge in [0, 0.05) is 35.8 Å². The summed E-state index contributed by atoms with van der Waals surface area (Å²) in [6.07, 6.45) is 1.55. The van der Waals surface area contributed by atoms with E-state index in [1.165, 1.54) is 0 Å². The molecule has 0 saturated carbocycles. The minimum absolute atomic E-state index is 0.0689. The highest BCUT2D eigenvalue weighted by Gasteiger charge is 2.23. The molecule has 0 atom stereocenters. The van der Waals surface area contributed by atoms with Crippen molar-refractivity contribution in [2.45, 2.75) is 39.7 Å². The van der Waals surface area contributed by atoms with E-state index in [2.05, 4.69) is 10.6 Å². The fourth-order valence-corrected chi connectivity index (χ4v) is 2.78. The quantitative estimate of drug-likeness (QED) is 0.737. The van der Waals surface area contributed by atoms with Crippen molar-refractivity contribution in [2.75, 3.05) is 25.0 Å². The van der Waals surface area contributed by atoms with Gasteiger partial charge in [-0.3, -0.25) is 19.3 Å². The molecule has 1 heterocycles. The van der Waals surface area contributed by atoms with Crippen LogP contribution < -0.4 is 16.4 Å². The number of carbonyl (C=O) groups excluding carboxylic acids is 3. The molecular formula is C19H28N4O3. The van der Waals surface area contributed by atoms with E-state index >= 15 is 0 Å². The third-order valence-corrected chi connectivity index (χ3v) is 4.37. The first kappa shape index (κ1) is 19.9. The first-order chi connectivity index (χ1) is 12.1. The Kier molecular flexibility index (Phi) is 6.37. The summed E-state index contributed by atoms with van der Waals surface area (Å²) in [5.41, 5.74) is 5.82. The summed E-state index contributed by atoms with van der Waals surface area (Å²) in [5, 5.41) is 5.86. The van der Waals surface area contributed by atoms with Crippen LogP contribution in [0.3, 0.4) is 0 Å². The predicted molar refractivity (Wildman–Crippen MR) is 101 cm³/mol. The highest BCUT2D eigenvalue weighted by atomic mass is 16.2. The molecule has 0 spiro atoms. The van der Waals surface area contributed by atoms with Crippen LogP contribution in [-0.4, -0.2) is 48.3 Å². The van der Waals surface area contributed by atoms with Gasteiger partial charge in [0.25, 0.3) is 5.91 Å². The first-order valence-corrected chi connectivity index (χ1v) is 8.88. The molecule has 0 unspecified atom stereocenters. The number of rotatable bonds is 5. The fourth-order valence-electron chi connectivity index (χ4n) is 2.78. The normalized spacial score (nSPS) is 16.1. The average Bonchev–Trinajstić information content (AvgIpc) is 2.55. The molecule has 1 aromatic carbocycles. The number of carbonyl (C=O) groups is 3. The van der Waals surface area contributed by atoms with Gasteiger partial charge in [0.15, 0.2) is 0 Å². The number of piperidine rings is 1. The summed E-state index contributed by atoms with van der Waals surface area (Å²) in [5.74, 6) is -0.594. The molecule has 1 fully saturated rings. The van der Waals surface area contributed by atoms with Crippen LogP contribution in [0.1, 0.15) is 44.0 Å². The zero-order valence-corrected chi connectivity index (χ0v) is 15.7. The van der Waals surface area contributed by atoms with E-state index in [0.717, 1.165) is 25.9 Å². The van der Waals surface area contributed by atoms with Crippen molar-refractivity contribution in [3.8, 4) is 0 Å². The predicted octanol–water partition coefficient (Wildman–Crippen LogP) is 1.35. The Morgan fingerprint density at radius 1 is 1.19 bits per heavy atom. The number of hydrogen-bond donors (Lipinski definition) is 3. The highest BCUT2D eigenvalue weighted by Crippen LogP contribution is 2.18. The van der Waals surface area contributed by atoms with Gasteiger partial charge in [0.05, 0.1) is 6.54 Å². The molecule has 4 N–H and O–H groups in total. The third-order valence-electron chi connectivity index (χ3n) is 4.37. The molecule has 0 aromatic heterocycles. The maximum atomic E-state index is 12.5. The molecule has 7 heteroatoms. The Labute approximate surface area is 154 Å². The Bertz CT molecular complexity index is 674. The third kappa shape index (κ3) is 5.84. The molecule has 1 aliphatic rings. The van der Waals surface area contributed by atoms with Crippen molar-refractivity contribution in [1.82, 2.24) is 10.2 Å². The molecule has 1 aliphatic heterocycles. The Morgan fingerprint density at radius 2 is 1.85 bits per heavy atom. The van der Waals surface area contributed by atoms with Crippen molar-refractivity contribution >= 4 is 23.4 Å². The minimum Gasteiger partial charge on any atom is -0.369 e. The van der Waals surface area contributed by atoms with Crippen LogP contribution in [0.2, 0.25) is 0 Å². The van der Waals surface area contributed by atoms with Gasteiger partial charge in [-0.25, -0.2) is 0 Å². The summed E-state index contributed by atoms with van der Waals surface area (Å²) in [4.78, 5) is 37.5. The lowest BCUT2D eigenvalue weighted by Gasteiger charge is -2.31. The van der Waals surface area contributed by atoms with Crippen LogP contribution in [-0.2, 0) is 9.59 Å². The highest BCUT2D eigenvalue weighted by molar-refractivity contribution is 5.98. The van der Waals surface area contributed by atoms with Crippen LogP contribution >= 0.6 is 0 Å². The molecule has 142 valence electrons. The zero-order valence-electron chi connectivity index (χ0n) is 15.7. The van der Waals surface area contributed by atoms with Gasteiger partial charge < -0.3 is 16.4 Å². The molecule has 1 aromatic rings. The van der Waals surface area contributed by atoms with E-state index in [4.69, 9.17) is 5.73 Å². The Morgan fingerprint density at radius 3 is 2.42 bits per heavy atom. The minimum atomic E-state index is -0.503. The SMILES string of the molecule is CC(C)(C)C(=O)Nc1cccc(C(=O)NC2CCN(CC(N)=O)CC2)c1. The van der Waals surface area contributed by atoms with Gasteiger partial charge in [-0.15, -0.1) is 0 Å². The van der Waals surface area contributed by atoms with E-state index in [1.54, 1.807) is 24.3 Å². The molecule has 0 aliphatic carbocycles. The smallest absolute Gasteiger partial charge is 0.251 e. The second-order valence-electron chi connectivity index (χ2n) is 7.78. The number of likely N-dealkylation sites (tertiary alicyclic amines) is 1. The van der Waals surface area contributed by atoms with Gasteiger partial charge >= 0.3 is 0 Å². The van der Waals surface area contributed by atoms with E-state index in [1.807, 2.05) is 25.7 Å². The van der Waals surface area contributed by atoms with Gasteiger partial charge in [-0.1, -0.05) is 26.8 Å². The molecule has 1 saturated heterocycles. The number of nitrogens with two attached hydrogens (primary N) is 1. The lowest BCUT2D eigenvalue weighted by atomic mass is 9.95. The first-order valence-electron chi connectivity index (χ1n) is 8.88. The number of nitrogens with zero attached hydrogens (tertiary/aromatic N) is 1. The second kappa shape index (κ2) is 8.31. The second-order valence-corrected chi connectivity index (χ2v) is 7.78. The van der Waals surface area contributed by atoms with Crippen LogP contribution in [0.25, 0.3) is 0 Å². The monoisotopic (exact) mass is 360 g/mol. The molecule has 0 bridgehead atoms. The van der Waals surface area contributed by atoms with Crippen molar-refractivity contribution in [3.63, 3.8) is 0 Å². The molecule has 26 heavy (non-hydrogen) atoms. The molecular weight excluding hydrogens is 332 g/mol. The summed E-state index contributed by atoms with van der Waals surface area (Å²) < 4.78 is 0. The summed E-state index contributed by atoms with van der Waals surface area (Å²) in [6.45, 7) is 7.23. The maximum Gasteiger partial charge on any atom is 0.251 e. The number of anilines is 1. The number of primary amides is 1. The number of amides is 3. The van der Waals surface area contributed by atoms with Gasteiger partial charge in [0.1, 0.15) is 0 Å². The van der Waals surface area contributed by atoms with Crippen molar-refractivity contribution in [1.29, 1.82) is 0 Å². The van der Waals surface area contributed by atoms with Gasteiger partial charge in [-0.2, -0.15) is 0 Å². The van der Waals surface area contributed by atoms with Crippen molar-refractivity contribution in [3.05, 3.63) is 29.8 Å². The Hall–Kier alpha value is -2.41. The standard InChI is InChI=1S/C19H28N4O3/c1-19(2,3)18(26)22-15-6-4-5-13(11-15)17(25)21-14-7-9-23(10-8-14)12-16(20)24/h4-6,11,14H,7-10,12H2,1-3H3,(H2,20,24)(H,21,25)(H,22,26). The lowest BCUT2D eigenvalue weighted by molar-refractivity contribution is -0.123. The summed E-state index contributed by atoms with van der Waals surface area (Å²) >= 11 is 0. The average molecular weight is 360 g/mol. The molecule has 0 radical (unpaired) electrons. The molecule has 3 amide bonds. The topological polar surface area (TPSA) is 105 Å². The van der Waals surface area contributed by atoms with Gasteiger partial charge in [-0.05, 0) is 31.0 Å². The number of hydrogen-bond acceptors (Lipinski definition) is 4. The van der Waals surface area contributed by atoms with Crippen LogP contribution in [0, 0.1) is 5.41 Å². The molecule has 7 nitrogen and oxygen atoms in total. The van der Waals surface area contributed by atoms with E-state index in [-0.39, 0.29) is 30.3 Å². The van der Waals surface area contributed by atoms with Crippen LogP contribution in [0.15, 0.2) is 24.3 Å². The Balaban J connectivity index is 1.91. The van der Waals surface area contributed by atoms with E-state index in [9.17, 15) is 14.4 Å². The van der Waals surface area contributed by atoms with Crippen LogP contribution in [0.5, 0.6) is 0 Å². The largest absolute Gasteiger partial charge is 0.369 e. The van der Waals surface area contributed by atoms with Crippen molar-refractivity contribution < 1.29 is 14.4 Å². The zero-order chi connectivity index (χ0) is 19.3. The fraction of sp³-hybridized carbons (Fsp3) is 0.526.